The molecule has 6 nitrogen and oxygen atoms in total. The summed E-state index contributed by atoms with van der Waals surface area (Å²) in [5.74, 6) is 1.26. The Kier molecular flexibility index (Phi) is 6.68. The van der Waals surface area contributed by atoms with Crippen LogP contribution in [0.15, 0.2) is 46.2 Å². The second-order valence-corrected chi connectivity index (χ2v) is 7.59. The number of aryl methyl sites for hydroxylation is 3. The molecule has 0 saturated carbocycles. The van der Waals surface area contributed by atoms with Crippen molar-refractivity contribution in [2.75, 3.05) is 14.2 Å². The van der Waals surface area contributed by atoms with Crippen LogP contribution in [0.1, 0.15) is 30.5 Å². The third-order valence-corrected chi connectivity index (χ3v) is 5.47. The summed E-state index contributed by atoms with van der Waals surface area (Å²) in [6.07, 6.45) is 0. The molecule has 0 spiro atoms. The van der Waals surface area contributed by atoms with Gasteiger partial charge in [-0.1, -0.05) is 17.7 Å². The normalized spacial score (nSPS) is 11.6. The molecule has 1 heterocycles. The number of ether oxygens (including phenoxy) is 2. The highest BCUT2D eigenvalue weighted by atomic mass is 16.5. The summed E-state index contributed by atoms with van der Waals surface area (Å²) in [6.45, 7) is 11.2. The maximum atomic E-state index is 13.3. The van der Waals surface area contributed by atoms with Crippen LogP contribution >= 0.6 is 0 Å². The van der Waals surface area contributed by atoms with E-state index in [2.05, 4.69) is 32.9 Å². The van der Waals surface area contributed by atoms with Crippen molar-refractivity contribution in [3.63, 3.8) is 0 Å². The molecule has 0 saturated heterocycles. The highest BCUT2D eigenvalue weighted by Crippen LogP contribution is 2.32. The van der Waals surface area contributed by atoms with Gasteiger partial charge in [-0.25, -0.2) is 9.79 Å². The predicted molar refractivity (Wildman–Crippen MR) is 124 cm³/mol. The molecule has 0 radical (unpaired) electrons. The standard InChI is InChI=1S/C25H31N3O3/c1-8-27-20(19-10-11-21(30-6)22(14-19)31-7)15-23(28(9-2)25(27)29)26-24-17(4)12-16(3)13-18(24)5/h10-15H,8-9H2,1-7H3/b26-23-. The summed E-state index contributed by atoms with van der Waals surface area (Å²) in [6, 6.07) is 11.9. The van der Waals surface area contributed by atoms with Crippen molar-refractivity contribution < 1.29 is 9.47 Å². The van der Waals surface area contributed by atoms with Crippen molar-refractivity contribution in [3.8, 4) is 22.8 Å². The minimum Gasteiger partial charge on any atom is -0.493 e. The van der Waals surface area contributed by atoms with Crippen LogP contribution in [-0.2, 0) is 13.1 Å². The van der Waals surface area contributed by atoms with E-state index in [4.69, 9.17) is 14.5 Å². The van der Waals surface area contributed by atoms with Gasteiger partial charge >= 0.3 is 5.69 Å². The summed E-state index contributed by atoms with van der Waals surface area (Å²) in [5, 5.41) is 0. The summed E-state index contributed by atoms with van der Waals surface area (Å²) >= 11 is 0. The highest BCUT2D eigenvalue weighted by molar-refractivity contribution is 5.64. The molecule has 2 aromatic carbocycles. The van der Waals surface area contributed by atoms with Crippen LogP contribution in [0.25, 0.3) is 11.3 Å². The first-order valence-corrected chi connectivity index (χ1v) is 10.5. The zero-order chi connectivity index (χ0) is 22.7. The van der Waals surface area contributed by atoms with Gasteiger partial charge in [0.05, 0.1) is 25.6 Å². The van der Waals surface area contributed by atoms with Crippen molar-refractivity contribution in [1.29, 1.82) is 0 Å². The second-order valence-electron chi connectivity index (χ2n) is 7.59. The lowest BCUT2D eigenvalue weighted by Gasteiger charge is -2.17. The largest absolute Gasteiger partial charge is 0.493 e. The number of benzene rings is 2. The van der Waals surface area contributed by atoms with Crippen LogP contribution in [0.5, 0.6) is 11.5 Å². The number of hydrogen-bond donors (Lipinski definition) is 0. The van der Waals surface area contributed by atoms with E-state index in [0.717, 1.165) is 28.1 Å². The Hall–Kier alpha value is -3.28. The van der Waals surface area contributed by atoms with E-state index in [-0.39, 0.29) is 5.69 Å². The quantitative estimate of drug-likeness (QED) is 0.587. The monoisotopic (exact) mass is 421 g/mol. The smallest absolute Gasteiger partial charge is 0.330 e. The average Bonchev–Trinajstić information content (AvgIpc) is 2.75. The molecule has 3 rings (SSSR count). The lowest BCUT2D eigenvalue weighted by Crippen LogP contribution is -2.40. The zero-order valence-electron chi connectivity index (χ0n) is 19.4. The van der Waals surface area contributed by atoms with Gasteiger partial charge in [0, 0.05) is 24.7 Å². The number of hydrogen-bond acceptors (Lipinski definition) is 4. The lowest BCUT2D eigenvalue weighted by molar-refractivity contribution is 0.355. The fourth-order valence-corrected chi connectivity index (χ4v) is 4.02. The Balaban J connectivity index is 2.36. The van der Waals surface area contributed by atoms with E-state index in [0.29, 0.717) is 30.1 Å². The molecule has 0 bridgehead atoms. The van der Waals surface area contributed by atoms with E-state index in [1.165, 1.54) is 5.56 Å². The van der Waals surface area contributed by atoms with Crippen molar-refractivity contribution >= 4 is 5.69 Å². The fourth-order valence-electron chi connectivity index (χ4n) is 4.02. The third kappa shape index (κ3) is 4.29. The van der Waals surface area contributed by atoms with E-state index < -0.39 is 0 Å². The van der Waals surface area contributed by atoms with Crippen LogP contribution in [0.2, 0.25) is 0 Å². The molecule has 0 unspecified atom stereocenters. The van der Waals surface area contributed by atoms with Gasteiger partial charge < -0.3 is 9.47 Å². The lowest BCUT2D eigenvalue weighted by atomic mass is 10.1. The Morgan fingerprint density at radius 2 is 1.45 bits per heavy atom. The van der Waals surface area contributed by atoms with Gasteiger partial charge in [-0.05, 0) is 63.9 Å². The molecule has 0 atom stereocenters. The van der Waals surface area contributed by atoms with Crippen LogP contribution in [0.3, 0.4) is 0 Å². The van der Waals surface area contributed by atoms with E-state index in [9.17, 15) is 4.79 Å². The molecular weight excluding hydrogens is 390 g/mol. The third-order valence-electron chi connectivity index (χ3n) is 5.47. The van der Waals surface area contributed by atoms with Gasteiger partial charge in [0.2, 0.25) is 0 Å². The number of nitrogens with zero attached hydrogens (tertiary/aromatic N) is 3. The Bertz CT molecular complexity index is 1210. The topological polar surface area (TPSA) is 57.8 Å². The summed E-state index contributed by atoms with van der Waals surface area (Å²) < 4.78 is 14.3. The number of rotatable bonds is 6. The molecule has 164 valence electrons. The molecule has 1 aromatic heterocycles. The van der Waals surface area contributed by atoms with Crippen LogP contribution in [0.4, 0.5) is 5.69 Å². The maximum Gasteiger partial charge on any atom is 0.330 e. The van der Waals surface area contributed by atoms with E-state index >= 15 is 0 Å². The second kappa shape index (κ2) is 9.25. The molecule has 0 aliphatic rings. The number of methoxy groups -OCH3 is 2. The Morgan fingerprint density at radius 1 is 0.839 bits per heavy atom. The summed E-state index contributed by atoms with van der Waals surface area (Å²) in [7, 11) is 3.21. The zero-order valence-corrected chi connectivity index (χ0v) is 19.4. The van der Waals surface area contributed by atoms with Gasteiger partial charge in [-0.15, -0.1) is 0 Å². The average molecular weight is 422 g/mol. The predicted octanol–water partition coefficient (Wildman–Crippen LogP) is 4.53. The van der Waals surface area contributed by atoms with Crippen molar-refractivity contribution in [2.45, 2.75) is 47.7 Å². The molecule has 31 heavy (non-hydrogen) atoms. The first-order valence-electron chi connectivity index (χ1n) is 10.5. The number of aromatic nitrogens is 2. The van der Waals surface area contributed by atoms with Crippen LogP contribution in [-0.4, -0.2) is 23.4 Å². The van der Waals surface area contributed by atoms with Crippen molar-refractivity contribution in [1.82, 2.24) is 9.13 Å². The minimum absolute atomic E-state index is 0.0848. The first-order chi connectivity index (χ1) is 14.8. The van der Waals surface area contributed by atoms with Crippen molar-refractivity contribution in [3.05, 3.63) is 69.1 Å². The molecule has 0 amide bonds. The molecule has 0 aliphatic heterocycles. The maximum absolute atomic E-state index is 13.3. The van der Waals surface area contributed by atoms with E-state index in [1.54, 1.807) is 23.4 Å². The minimum atomic E-state index is -0.0848. The van der Waals surface area contributed by atoms with Gasteiger partial charge in [0.15, 0.2) is 11.5 Å². The molecule has 6 heteroatoms. The molecular formula is C25H31N3O3. The van der Waals surface area contributed by atoms with Gasteiger partial charge in [-0.2, -0.15) is 0 Å². The molecule has 0 aliphatic carbocycles. The SMILES string of the molecule is CCn1c(-c2ccc(OC)c(OC)c2)c/c(=N/c2c(C)cc(C)cc2C)n(CC)c1=O. The van der Waals surface area contributed by atoms with E-state index in [1.807, 2.05) is 38.1 Å². The Labute approximate surface area is 183 Å². The van der Waals surface area contributed by atoms with Crippen LogP contribution < -0.4 is 20.7 Å². The van der Waals surface area contributed by atoms with Crippen molar-refractivity contribution in [2.24, 2.45) is 4.99 Å². The van der Waals surface area contributed by atoms with Gasteiger partial charge in [-0.3, -0.25) is 9.13 Å². The summed E-state index contributed by atoms with van der Waals surface area (Å²) in [4.78, 5) is 18.3. The summed E-state index contributed by atoms with van der Waals surface area (Å²) in [5.41, 5.74) is 6.49. The van der Waals surface area contributed by atoms with Crippen LogP contribution in [0, 0.1) is 20.8 Å². The Morgan fingerprint density at radius 3 is 2.00 bits per heavy atom. The molecule has 0 N–H and O–H groups in total. The van der Waals surface area contributed by atoms with Gasteiger partial charge in [0.1, 0.15) is 5.49 Å². The highest BCUT2D eigenvalue weighted by Gasteiger charge is 2.14. The molecule has 0 fully saturated rings. The first kappa shape index (κ1) is 22.4. The fraction of sp³-hybridized carbons (Fsp3) is 0.360. The molecule has 3 aromatic rings. The van der Waals surface area contributed by atoms with Gasteiger partial charge in [0.25, 0.3) is 0 Å².